The zero-order valence-electron chi connectivity index (χ0n) is 71.3. The number of fused-ring (bicyclic) bond motifs is 23. The molecule has 0 saturated carbocycles. The number of ether oxygens (including phenoxy) is 13. The summed E-state index contributed by atoms with van der Waals surface area (Å²) in [7, 11) is 11.7. The topological polar surface area (TPSA) is 197 Å². The van der Waals surface area contributed by atoms with E-state index in [9.17, 15) is 15.3 Å². The Morgan fingerprint density at radius 3 is 1.01 bits per heavy atom. The van der Waals surface area contributed by atoms with Crippen LogP contribution in [0.15, 0.2) is 121 Å². The van der Waals surface area contributed by atoms with Gasteiger partial charge in [0.2, 0.25) is 13.6 Å². The minimum atomic E-state index is 0.200. The third-order valence-electron chi connectivity index (χ3n) is 27.8. The van der Waals surface area contributed by atoms with Gasteiger partial charge in [-0.2, -0.15) is 0 Å². The number of nitrogens with zero attached hydrogens (tertiary/aromatic N) is 5. The lowest BCUT2D eigenvalue weighted by Crippen LogP contribution is -2.39. The molecule has 21 nitrogen and oxygen atoms in total. The van der Waals surface area contributed by atoms with Crippen molar-refractivity contribution in [3.8, 4) is 92.0 Å². The van der Waals surface area contributed by atoms with Crippen LogP contribution in [0.25, 0.3) is 0 Å². The van der Waals surface area contributed by atoms with E-state index in [0.29, 0.717) is 68.2 Å². The maximum atomic E-state index is 10.2. The summed E-state index contributed by atoms with van der Waals surface area (Å²) in [5, 5.41) is 30.6. The van der Waals surface area contributed by atoms with Gasteiger partial charge in [-0.1, -0.05) is 29.8 Å². The largest absolute Gasteiger partial charge is 0.504 e. The first-order valence-corrected chi connectivity index (χ1v) is 42.7. The molecule has 0 saturated heterocycles. The highest BCUT2D eigenvalue weighted by molar-refractivity contribution is 5.60. The van der Waals surface area contributed by atoms with Crippen LogP contribution in [0.2, 0.25) is 0 Å². The second-order valence-corrected chi connectivity index (χ2v) is 34.2. The summed E-state index contributed by atoms with van der Waals surface area (Å²) < 4.78 is 72.1. The van der Waals surface area contributed by atoms with Gasteiger partial charge in [-0.3, -0.25) is 24.5 Å². The quantitative estimate of drug-likeness (QED) is 0.136. The number of hydrogen-bond acceptors (Lipinski definition) is 21. The van der Waals surface area contributed by atoms with Crippen molar-refractivity contribution in [3.05, 3.63) is 255 Å². The van der Waals surface area contributed by atoms with Crippen LogP contribution in [0, 0.1) is 27.7 Å². The van der Waals surface area contributed by atoms with E-state index in [-0.39, 0.29) is 23.3 Å². The Morgan fingerprint density at radius 2 is 0.579 bits per heavy atom. The highest BCUT2D eigenvalue weighted by Crippen LogP contribution is 2.53. The van der Waals surface area contributed by atoms with Crippen LogP contribution in [0.3, 0.4) is 0 Å². The van der Waals surface area contributed by atoms with Crippen molar-refractivity contribution in [1.82, 2.24) is 24.5 Å². The second kappa shape index (κ2) is 33.0. The molecular weight excluding hydrogens is 1530 g/mol. The van der Waals surface area contributed by atoms with Crippen LogP contribution in [-0.2, 0) is 96.9 Å². The van der Waals surface area contributed by atoms with E-state index in [1.54, 1.807) is 60.9 Å². The van der Waals surface area contributed by atoms with E-state index in [1.807, 2.05) is 60.7 Å². The zero-order valence-corrected chi connectivity index (χ0v) is 71.3. The van der Waals surface area contributed by atoms with Crippen molar-refractivity contribution in [2.24, 2.45) is 0 Å². The van der Waals surface area contributed by atoms with Gasteiger partial charge >= 0.3 is 0 Å². The molecule has 13 aliphatic heterocycles. The van der Waals surface area contributed by atoms with Crippen molar-refractivity contribution in [3.63, 3.8) is 0 Å². The minimum absolute atomic E-state index is 0.200. The van der Waals surface area contributed by atoms with Crippen molar-refractivity contribution in [1.29, 1.82) is 0 Å². The Labute approximate surface area is 708 Å². The van der Waals surface area contributed by atoms with Crippen LogP contribution in [-0.4, -0.2) is 149 Å². The maximum absolute atomic E-state index is 10.2. The Morgan fingerprint density at radius 1 is 0.264 bits per heavy atom. The standard InChI is InChI=1S/C21H23NO4.C20H23NO4.C20H21NO2.C20H23NO2.C19H19NO4/c1-23-18-3-4-19(24-2)16-12-22-6-5-13-9-20-21(26-8-7-25-20)11-14(13)17(22)10-15(16)18;1-23-18-4-5-19(24-2)15-11-21-7-6-12-8-20(25-3)17(22)10-13(12)16(21)9-14(15)18;1-12-3-4-13(2)17-10-21-6-5-14-7-19-20(23-11-22-19)9-16(14)18(21)8-15(12)17;1-12-6-13(2)17-11-21-5-4-14-9-20(23-3)19(22)10-16(14)18(21)8-15(17)7-12;1-22-17-5-11-2-3-20-9-13-7-19-18(23-10-24-19)6-12(13)4-15(20)14(11)8-16(17)21/h3-4,9,11,17H,5-8,10,12H2,1-2H3;4-5,8,10,16,22H,6-7,9,11H2,1-3H3;3-4,7,9,18H,5-6,8,10-11H2,1-2H3;6-7,9-10,18,22H,4-5,8,11H2,1-3H3;5-8,15,21H,2-4,9-10H2,1H3/t17-;16-;2*18-;15-/m00000/s1. The Bertz CT molecular complexity index is 5710. The van der Waals surface area contributed by atoms with Gasteiger partial charge in [-0.25, -0.2) is 0 Å². The molecule has 0 bridgehead atoms. The Hall–Kier alpha value is -11.2. The van der Waals surface area contributed by atoms with Crippen molar-refractivity contribution in [2.75, 3.05) is 109 Å². The molecule has 0 unspecified atom stereocenters. The fraction of sp³-hybridized carbons (Fsp3) is 0.400. The summed E-state index contributed by atoms with van der Waals surface area (Å²) in [6.45, 7) is 20.7. The summed E-state index contributed by atoms with van der Waals surface area (Å²) in [4.78, 5) is 12.7. The molecule has 10 aromatic rings. The third-order valence-corrected chi connectivity index (χ3v) is 27.8. The van der Waals surface area contributed by atoms with Gasteiger partial charge in [0.25, 0.3) is 0 Å². The maximum Gasteiger partial charge on any atom is 0.231 e. The number of phenols is 3. The number of aryl methyl sites for hydroxylation is 4. The summed E-state index contributed by atoms with van der Waals surface area (Å²) in [6.07, 6.45) is 9.88. The Kier molecular flexibility index (Phi) is 21.7. The number of phenolic OH excluding ortho intramolecular Hbond substituents is 3. The van der Waals surface area contributed by atoms with Gasteiger partial charge < -0.3 is 76.9 Å². The van der Waals surface area contributed by atoms with E-state index in [2.05, 4.69) is 113 Å². The average molecular weight is 1640 g/mol. The third kappa shape index (κ3) is 14.8. The molecule has 630 valence electrons. The molecule has 3 N–H and O–H groups in total. The van der Waals surface area contributed by atoms with Crippen LogP contribution in [0.4, 0.5) is 0 Å². The van der Waals surface area contributed by atoms with E-state index in [0.717, 1.165) is 187 Å². The lowest BCUT2D eigenvalue weighted by molar-refractivity contribution is 0.150. The number of aromatic hydroxyl groups is 3. The van der Waals surface area contributed by atoms with Gasteiger partial charge in [-0.15, -0.1) is 0 Å². The number of rotatable bonds is 7. The molecule has 23 rings (SSSR count). The summed E-state index contributed by atoms with van der Waals surface area (Å²) in [6, 6.07) is 43.5. The summed E-state index contributed by atoms with van der Waals surface area (Å²) in [5.41, 5.74) is 32.3. The van der Waals surface area contributed by atoms with Crippen LogP contribution in [0.1, 0.15) is 164 Å². The molecule has 5 atom stereocenters. The second-order valence-electron chi connectivity index (χ2n) is 34.2. The molecule has 0 radical (unpaired) electrons. The highest BCUT2D eigenvalue weighted by atomic mass is 16.7. The van der Waals surface area contributed by atoms with Crippen molar-refractivity contribution >= 4 is 0 Å². The Balaban J connectivity index is 0.0000000999. The molecule has 0 spiro atoms. The molecule has 0 fully saturated rings. The van der Waals surface area contributed by atoms with Gasteiger partial charge in [0, 0.05) is 118 Å². The van der Waals surface area contributed by atoms with Gasteiger partial charge in [0.1, 0.15) is 36.2 Å². The van der Waals surface area contributed by atoms with Crippen LogP contribution in [0.5, 0.6) is 92.0 Å². The highest BCUT2D eigenvalue weighted by Gasteiger charge is 2.42. The van der Waals surface area contributed by atoms with E-state index in [4.69, 9.17) is 61.6 Å². The lowest BCUT2D eigenvalue weighted by Gasteiger charge is -2.42. The predicted octanol–water partition coefficient (Wildman–Crippen LogP) is 16.3. The molecule has 0 aromatic heterocycles. The monoisotopic (exact) mass is 1640 g/mol. The first-order chi connectivity index (χ1) is 58.9. The first-order valence-electron chi connectivity index (χ1n) is 42.7. The number of benzene rings is 10. The summed E-state index contributed by atoms with van der Waals surface area (Å²) in [5.74, 6) is 11.4. The molecule has 0 aliphatic carbocycles. The van der Waals surface area contributed by atoms with Gasteiger partial charge in [0.15, 0.2) is 69.0 Å². The van der Waals surface area contributed by atoms with E-state index < -0.39 is 0 Å². The van der Waals surface area contributed by atoms with Crippen LogP contribution >= 0.6 is 0 Å². The van der Waals surface area contributed by atoms with Crippen molar-refractivity contribution in [2.45, 2.75) is 155 Å². The molecule has 13 aliphatic rings. The average Bonchev–Trinajstić information content (AvgIpc) is 1.77. The van der Waals surface area contributed by atoms with E-state index >= 15 is 0 Å². The molecule has 121 heavy (non-hydrogen) atoms. The lowest BCUT2D eigenvalue weighted by atomic mass is 9.81. The molecule has 21 heteroatoms. The number of methoxy groups -OCH3 is 7. The zero-order chi connectivity index (χ0) is 83.2. The van der Waals surface area contributed by atoms with Gasteiger partial charge in [0.05, 0.1) is 49.8 Å². The molecule has 13 heterocycles. The fourth-order valence-electron chi connectivity index (χ4n) is 21.6. The predicted molar refractivity (Wildman–Crippen MR) is 460 cm³/mol. The van der Waals surface area contributed by atoms with Crippen molar-refractivity contribution < 1.29 is 76.9 Å². The van der Waals surface area contributed by atoms with Crippen LogP contribution < -0.4 is 61.6 Å². The molecule has 10 aromatic carbocycles. The molecule has 0 amide bonds. The molecular formula is C100H109N5O16. The summed E-state index contributed by atoms with van der Waals surface area (Å²) >= 11 is 0. The first kappa shape index (κ1) is 79.6. The minimum Gasteiger partial charge on any atom is -0.504 e. The normalized spacial score (nSPS) is 20.3. The SMILES string of the molecule is COc1cc2c(cc1O)[C@@H]1Cc3c(OC)ccc(OC)c3CN1CC2.COc1cc2c(cc1O)[C@@H]1Cc3cc(C)cc(C)c3CN1CC2.COc1cc2c(cc1O)[C@@H]1Cc3cc4c(cc3CN1CC2)OCO4.COc1ccc(OC)c2c1C[C@H]1c3cc4c(cc3CCN1C2)OCCO4.Cc1ccc(C)c2c1C[C@H]1c3cc4c(cc3CCN1C2)OCO4. The smallest absolute Gasteiger partial charge is 0.231 e. The van der Waals surface area contributed by atoms with Gasteiger partial charge in [-0.05, 0) is 295 Å². The fourth-order valence-corrected chi connectivity index (χ4v) is 21.6. The number of hydrogen-bond donors (Lipinski definition) is 3. The van der Waals surface area contributed by atoms with E-state index in [1.165, 1.54) is 122 Å².